The van der Waals surface area contributed by atoms with E-state index in [-0.39, 0.29) is 11.8 Å². The van der Waals surface area contributed by atoms with Gasteiger partial charge in [0.2, 0.25) is 5.91 Å². The smallest absolute Gasteiger partial charge is 0.265 e. The predicted molar refractivity (Wildman–Crippen MR) is 116 cm³/mol. The largest absolute Gasteiger partial charge is 0.494 e. The Bertz CT molecular complexity index is 944. The lowest BCUT2D eigenvalue weighted by Gasteiger charge is -2.12. The Kier molecular flexibility index (Phi) is 7.22. The summed E-state index contributed by atoms with van der Waals surface area (Å²) >= 11 is 4.76. The van der Waals surface area contributed by atoms with Gasteiger partial charge < -0.3 is 15.4 Å². The van der Waals surface area contributed by atoms with Gasteiger partial charge in [0.15, 0.2) is 0 Å². The van der Waals surface area contributed by atoms with Gasteiger partial charge in [0.25, 0.3) is 5.91 Å². The molecule has 0 fully saturated rings. The van der Waals surface area contributed by atoms with Crippen LogP contribution >= 0.6 is 27.3 Å². The van der Waals surface area contributed by atoms with E-state index in [0.717, 1.165) is 10.2 Å². The SMILES string of the molecule is O=C(CCCOc1cccc(Br)c1)Nc1ccccc1NC(=O)c1cccs1. The zero-order valence-corrected chi connectivity index (χ0v) is 17.4. The van der Waals surface area contributed by atoms with E-state index < -0.39 is 0 Å². The molecule has 0 saturated carbocycles. The number of para-hydroxylation sites is 2. The van der Waals surface area contributed by atoms with Crippen molar-refractivity contribution in [3.63, 3.8) is 0 Å². The minimum absolute atomic E-state index is 0.129. The van der Waals surface area contributed by atoms with Crippen molar-refractivity contribution in [2.75, 3.05) is 17.2 Å². The Morgan fingerprint density at radius 3 is 2.46 bits per heavy atom. The number of rotatable bonds is 8. The number of thiophene rings is 1. The van der Waals surface area contributed by atoms with Gasteiger partial charge in [0, 0.05) is 10.9 Å². The molecule has 5 nitrogen and oxygen atoms in total. The lowest BCUT2D eigenvalue weighted by molar-refractivity contribution is -0.116. The second-order valence-corrected chi connectivity index (χ2v) is 7.80. The van der Waals surface area contributed by atoms with Gasteiger partial charge in [-0.1, -0.05) is 40.2 Å². The van der Waals surface area contributed by atoms with Gasteiger partial charge in [-0.05, 0) is 48.2 Å². The zero-order chi connectivity index (χ0) is 19.8. The van der Waals surface area contributed by atoms with Crippen molar-refractivity contribution in [2.24, 2.45) is 0 Å². The Hall–Kier alpha value is -2.64. The molecule has 2 N–H and O–H groups in total. The number of hydrogen-bond donors (Lipinski definition) is 2. The van der Waals surface area contributed by atoms with Gasteiger partial charge >= 0.3 is 0 Å². The number of ether oxygens (including phenoxy) is 1. The van der Waals surface area contributed by atoms with Crippen molar-refractivity contribution >= 4 is 50.5 Å². The molecular formula is C21H19BrN2O3S. The lowest BCUT2D eigenvalue weighted by Crippen LogP contribution is -2.16. The normalized spacial score (nSPS) is 10.3. The van der Waals surface area contributed by atoms with Crippen LogP contribution in [0.5, 0.6) is 5.75 Å². The first-order chi connectivity index (χ1) is 13.6. The number of nitrogens with one attached hydrogen (secondary N) is 2. The first kappa shape index (κ1) is 20.1. The average Bonchev–Trinajstić information content (AvgIpc) is 3.22. The maximum absolute atomic E-state index is 12.3. The highest BCUT2D eigenvalue weighted by Crippen LogP contribution is 2.23. The third-order valence-corrected chi connectivity index (χ3v) is 5.17. The van der Waals surface area contributed by atoms with Crippen LogP contribution in [-0.2, 0) is 4.79 Å². The van der Waals surface area contributed by atoms with E-state index in [9.17, 15) is 9.59 Å². The lowest BCUT2D eigenvalue weighted by atomic mass is 10.2. The van der Waals surface area contributed by atoms with E-state index in [2.05, 4.69) is 26.6 Å². The van der Waals surface area contributed by atoms with E-state index in [1.165, 1.54) is 11.3 Å². The highest BCUT2D eigenvalue weighted by atomic mass is 79.9. The summed E-state index contributed by atoms with van der Waals surface area (Å²) in [5, 5.41) is 7.54. The highest BCUT2D eigenvalue weighted by molar-refractivity contribution is 9.10. The molecule has 0 aliphatic carbocycles. The summed E-state index contributed by atoms with van der Waals surface area (Å²) in [5.74, 6) is 0.436. The van der Waals surface area contributed by atoms with Crippen LogP contribution in [0.25, 0.3) is 0 Å². The van der Waals surface area contributed by atoms with Crippen molar-refractivity contribution in [3.05, 3.63) is 75.4 Å². The van der Waals surface area contributed by atoms with Crippen molar-refractivity contribution < 1.29 is 14.3 Å². The summed E-state index contributed by atoms with van der Waals surface area (Å²) in [6, 6.07) is 18.3. The quantitative estimate of drug-likeness (QED) is 0.434. The average molecular weight is 459 g/mol. The van der Waals surface area contributed by atoms with E-state index in [0.29, 0.717) is 35.7 Å². The van der Waals surface area contributed by atoms with Crippen LogP contribution in [0.4, 0.5) is 11.4 Å². The molecule has 0 atom stereocenters. The van der Waals surface area contributed by atoms with Crippen LogP contribution in [0.3, 0.4) is 0 Å². The molecule has 28 heavy (non-hydrogen) atoms. The first-order valence-electron chi connectivity index (χ1n) is 8.74. The molecule has 3 rings (SSSR count). The van der Waals surface area contributed by atoms with E-state index in [4.69, 9.17) is 4.74 Å². The summed E-state index contributed by atoms with van der Waals surface area (Å²) in [6.45, 7) is 0.445. The van der Waals surface area contributed by atoms with Crippen LogP contribution in [0.15, 0.2) is 70.5 Å². The van der Waals surface area contributed by atoms with Crippen LogP contribution in [0, 0.1) is 0 Å². The highest BCUT2D eigenvalue weighted by Gasteiger charge is 2.11. The molecule has 1 aromatic heterocycles. The maximum Gasteiger partial charge on any atom is 0.265 e. The Morgan fingerprint density at radius 2 is 1.75 bits per heavy atom. The summed E-state index contributed by atoms with van der Waals surface area (Å²) in [5.41, 5.74) is 1.14. The third kappa shape index (κ3) is 5.94. The van der Waals surface area contributed by atoms with Crippen LogP contribution in [0.1, 0.15) is 22.5 Å². The summed E-state index contributed by atoms with van der Waals surface area (Å²) in [4.78, 5) is 25.1. The van der Waals surface area contributed by atoms with Gasteiger partial charge in [-0.3, -0.25) is 9.59 Å². The van der Waals surface area contributed by atoms with Crippen LogP contribution in [0.2, 0.25) is 0 Å². The van der Waals surface area contributed by atoms with Gasteiger partial charge in [-0.25, -0.2) is 0 Å². The van der Waals surface area contributed by atoms with Crippen molar-refractivity contribution in [1.29, 1.82) is 0 Å². The van der Waals surface area contributed by atoms with Gasteiger partial charge in [0.1, 0.15) is 5.75 Å². The number of carbonyl (C=O) groups excluding carboxylic acids is 2. The molecule has 1 heterocycles. The Labute approximate surface area is 175 Å². The van der Waals surface area contributed by atoms with E-state index in [1.54, 1.807) is 18.2 Å². The summed E-state index contributed by atoms with van der Waals surface area (Å²) in [6.07, 6.45) is 0.906. The Morgan fingerprint density at radius 1 is 0.964 bits per heavy atom. The molecule has 0 aliphatic heterocycles. The number of carbonyl (C=O) groups is 2. The standard InChI is InChI=1S/C21H19BrN2O3S/c22-15-6-3-7-16(14-15)27-12-4-11-20(25)23-17-8-1-2-9-18(17)24-21(26)19-10-5-13-28-19/h1-3,5-10,13-14H,4,11-12H2,(H,23,25)(H,24,26). The zero-order valence-electron chi connectivity index (χ0n) is 15.0. The molecule has 2 aromatic carbocycles. The molecule has 144 valence electrons. The molecule has 3 aromatic rings. The number of benzene rings is 2. The minimum atomic E-state index is -0.195. The van der Waals surface area contributed by atoms with Crippen molar-refractivity contribution in [2.45, 2.75) is 12.8 Å². The van der Waals surface area contributed by atoms with Crippen molar-refractivity contribution in [1.82, 2.24) is 0 Å². The molecule has 0 saturated heterocycles. The Balaban J connectivity index is 1.49. The van der Waals surface area contributed by atoms with E-state index in [1.807, 2.05) is 47.8 Å². The number of amides is 2. The monoisotopic (exact) mass is 458 g/mol. The molecular weight excluding hydrogens is 440 g/mol. The molecule has 0 aliphatic rings. The van der Waals surface area contributed by atoms with Gasteiger partial charge in [-0.2, -0.15) is 0 Å². The second-order valence-electron chi connectivity index (χ2n) is 5.93. The second kappa shape index (κ2) is 10.1. The molecule has 0 radical (unpaired) electrons. The summed E-state index contributed by atoms with van der Waals surface area (Å²) < 4.78 is 6.59. The van der Waals surface area contributed by atoms with Crippen LogP contribution in [-0.4, -0.2) is 18.4 Å². The summed E-state index contributed by atoms with van der Waals surface area (Å²) in [7, 11) is 0. The maximum atomic E-state index is 12.3. The van der Waals surface area contributed by atoms with Crippen LogP contribution < -0.4 is 15.4 Å². The van der Waals surface area contributed by atoms with Gasteiger partial charge in [-0.15, -0.1) is 11.3 Å². The fraction of sp³-hybridized carbons (Fsp3) is 0.143. The number of halogens is 1. The molecule has 0 bridgehead atoms. The fourth-order valence-corrected chi connectivity index (χ4v) is 3.48. The first-order valence-corrected chi connectivity index (χ1v) is 10.4. The molecule has 0 unspecified atom stereocenters. The molecule has 7 heteroatoms. The van der Waals surface area contributed by atoms with Gasteiger partial charge in [0.05, 0.1) is 22.9 Å². The number of hydrogen-bond acceptors (Lipinski definition) is 4. The minimum Gasteiger partial charge on any atom is -0.494 e. The van der Waals surface area contributed by atoms with E-state index >= 15 is 0 Å². The molecule has 0 spiro atoms. The fourth-order valence-electron chi connectivity index (χ4n) is 2.49. The molecule has 2 amide bonds. The van der Waals surface area contributed by atoms with Crippen molar-refractivity contribution in [3.8, 4) is 5.75 Å². The number of anilines is 2. The third-order valence-electron chi connectivity index (χ3n) is 3.81. The topological polar surface area (TPSA) is 67.4 Å². The predicted octanol–water partition coefficient (Wildman–Crippen LogP) is 5.56.